The van der Waals surface area contributed by atoms with Gasteiger partial charge in [-0.25, -0.2) is 9.59 Å². The lowest BCUT2D eigenvalue weighted by Crippen LogP contribution is -2.49. The number of carbonyl (C=O) groups excluding carboxylic acids is 5. The average molecular weight is 401 g/mol. The molecule has 0 radical (unpaired) electrons. The minimum absolute atomic E-state index is 0.165. The summed E-state index contributed by atoms with van der Waals surface area (Å²) in [7, 11) is 0. The molecule has 7 amide bonds. The Bertz CT molecular complexity index is 884. The maximum Gasteiger partial charge on any atom is 0.344 e. The van der Waals surface area contributed by atoms with Gasteiger partial charge in [-0.2, -0.15) is 5.01 Å². The minimum atomic E-state index is -1.26. The summed E-state index contributed by atoms with van der Waals surface area (Å²) in [5.41, 5.74) is 0.589. The van der Waals surface area contributed by atoms with Crippen LogP contribution in [0.25, 0.3) is 0 Å². The summed E-state index contributed by atoms with van der Waals surface area (Å²) in [5.74, 6) is -1.71. The quantitative estimate of drug-likeness (QED) is 0.601. The number of amides is 7. The summed E-state index contributed by atoms with van der Waals surface area (Å²) in [5, 5.41) is 5.82. The molecule has 10 heteroatoms. The van der Waals surface area contributed by atoms with E-state index in [9.17, 15) is 24.0 Å². The Hall–Kier alpha value is -3.43. The number of nitrogens with one attached hydrogen (secondary N) is 3. The lowest BCUT2D eigenvalue weighted by Gasteiger charge is -2.25. The first-order valence-electron chi connectivity index (χ1n) is 9.28. The van der Waals surface area contributed by atoms with Crippen LogP contribution < -0.4 is 16.1 Å². The second kappa shape index (κ2) is 7.19. The first-order chi connectivity index (χ1) is 13.6. The largest absolute Gasteiger partial charge is 0.344 e. The number of carbonyl (C=O) groups is 5. The molecular weight excluding hydrogens is 378 g/mol. The van der Waals surface area contributed by atoms with E-state index in [4.69, 9.17) is 0 Å². The number of benzene rings is 1. The minimum Gasteiger partial charge on any atom is -0.324 e. The molecule has 1 aromatic rings. The van der Waals surface area contributed by atoms with E-state index in [0.717, 1.165) is 4.90 Å². The molecule has 2 aliphatic heterocycles. The van der Waals surface area contributed by atoms with E-state index in [1.165, 1.54) is 0 Å². The molecule has 0 saturated carbocycles. The van der Waals surface area contributed by atoms with Gasteiger partial charge in [-0.1, -0.05) is 37.3 Å². The Kier molecular flexibility index (Phi) is 5.04. The molecule has 2 saturated heterocycles. The number of urea groups is 2. The SMILES string of the molecule is CC[C@]1(c2ccccc2)NC(=O)N(NC(=O)CCN2C(=O)NC(C)(C)C2=O)C1=O. The molecule has 1 atom stereocenters. The topological polar surface area (TPSA) is 128 Å². The van der Waals surface area contributed by atoms with E-state index in [1.807, 2.05) is 0 Å². The van der Waals surface area contributed by atoms with Crippen molar-refractivity contribution in [2.24, 2.45) is 0 Å². The van der Waals surface area contributed by atoms with Crippen LogP contribution in [0.1, 0.15) is 39.2 Å². The molecule has 0 aromatic heterocycles. The first-order valence-corrected chi connectivity index (χ1v) is 9.28. The highest BCUT2D eigenvalue weighted by molar-refractivity contribution is 6.09. The van der Waals surface area contributed by atoms with Crippen molar-refractivity contribution >= 4 is 29.8 Å². The monoisotopic (exact) mass is 401 g/mol. The molecule has 3 rings (SSSR count). The van der Waals surface area contributed by atoms with Crippen LogP contribution >= 0.6 is 0 Å². The van der Waals surface area contributed by atoms with Gasteiger partial charge in [-0.3, -0.25) is 24.7 Å². The van der Waals surface area contributed by atoms with Gasteiger partial charge in [0.25, 0.3) is 11.8 Å². The highest BCUT2D eigenvalue weighted by atomic mass is 16.2. The van der Waals surface area contributed by atoms with Gasteiger partial charge in [0, 0.05) is 13.0 Å². The van der Waals surface area contributed by atoms with E-state index < -0.39 is 40.9 Å². The molecule has 2 heterocycles. The molecule has 3 N–H and O–H groups in total. The van der Waals surface area contributed by atoms with E-state index in [-0.39, 0.29) is 13.0 Å². The van der Waals surface area contributed by atoms with Crippen LogP contribution in [-0.4, -0.2) is 51.8 Å². The molecule has 2 aliphatic rings. The van der Waals surface area contributed by atoms with E-state index >= 15 is 0 Å². The molecule has 1 aromatic carbocycles. The van der Waals surface area contributed by atoms with Crippen molar-refractivity contribution in [3.8, 4) is 0 Å². The van der Waals surface area contributed by atoms with Crippen molar-refractivity contribution < 1.29 is 24.0 Å². The smallest absolute Gasteiger partial charge is 0.324 e. The molecule has 10 nitrogen and oxygen atoms in total. The molecule has 0 unspecified atom stereocenters. The standard InChI is InChI=1S/C19H23N5O5/c1-4-19(12-8-6-5-7-9-12)15(27)24(17(29)21-19)22-13(25)10-11-23-14(26)18(2,3)20-16(23)28/h5-9H,4,10-11H2,1-3H3,(H,20,28)(H,21,29)(H,22,25)/t19-/m1/s1. The summed E-state index contributed by atoms with van der Waals surface area (Å²) in [4.78, 5) is 62.6. The normalized spacial score (nSPS) is 23.3. The second-order valence-electron chi connectivity index (χ2n) is 7.49. The zero-order chi connectivity index (χ0) is 21.4. The molecular formula is C19H23N5O5. The van der Waals surface area contributed by atoms with Crippen LogP contribution in [0.5, 0.6) is 0 Å². The Morgan fingerprint density at radius 3 is 2.21 bits per heavy atom. The highest BCUT2D eigenvalue weighted by Gasteiger charge is 2.52. The van der Waals surface area contributed by atoms with Crippen LogP contribution in [0.15, 0.2) is 30.3 Å². The lowest BCUT2D eigenvalue weighted by atomic mass is 9.87. The van der Waals surface area contributed by atoms with Gasteiger partial charge in [-0.05, 0) is 25.8 Å². The van der Waals surface area contributed by atoms with Gasteiger partial charge < -0.3 is 10.6 Å². The maximum atomic E-state index is 13.0. The average Bonchev–Trinajstić information content (AvgIpc) is 3.04. The van der Waals surface area contributed by atoms with Crippen molar-refractivity contribution in [3.63, 3.8) is 0 Å². The Morgan fingerprint density at radius 2 is 1.66 bits per heavy atom. The zero-order valence-electron chi connectivity index (χ0n) is 16.4. The first kappa shape index (κ1) is 20.3. The van der Waals surface area contributed by atoms with Gasteiger partial charge in [0.1, 0.15) is 11.1 Å². The summed E-state index contributed by atoms with van der Waals surface area (Å²) in [6, 6.07) is 7.44. The van der Waals surface area contributed by atoms with Crippen molar-refractivity contribution in [3.05, 3.63) is 35.9 Å². The van der Waals surface area contributed by atoms with Gasteiger partial charge in [-0.15, -0.1) is 0 Å². The zero-order valence-corrected chi connectivity index (χ0v) is 16.4. The third kappa shape index (κ3) is 3.41. The predicted octanol–water partition coefficient (Wildman–Crippen LogP) is 0.595. The van der Waals surface area contributed by atoms with Gasteiger partial charge in [0.15, 0.2) is 0 Å². The Balaban J connectivity index is 1.67. The third-order valence-electron chi connectivity index (χ3n) is 5.13. The number of hydrazine groups is 1. The summed E-state index contributed by atoms with van der Waals surface area (Å²) in [6.45, 7) is 4.72. The fourth-order valence-electron chi connectivity index (χ4n) is 3.45. The number of nitrogens with zero attached hydrogens (tertiary/aromatic N) is 2. The number of hydrogen-bond acceptors (Lipinski definition) is 5. The summed E-state index contributed by atoms with van der Waals surface area (Å²) < 4.78 is 0. The van der Waals surface area contributed by atoms with Crippen molar-refractivity contribution in [2.75, 3.05) is 6.54 Å². The van der Waals surface area contributed by atoms with Crippen LogP contribution in [0.2, 0.25) is 0 Å². The fourth-order valence-corrected chi connectivity index (χ4v) is 3.45. The summed E-state index contributed by atoms with van der Waals surface area (Å²) >= 11 is 0. The molecule has 29 heavy (non-hydrogen) atoms. The van der Waals surface area contributed by atoms with Crippen molar-refractivity contribution in [1.82, 2.24) is 26.0 Å². The fraction of sp³-hybridized carbons (Fsp3) is 0.421. The van der Waals surface area contributed by atoms with E-state index in [1.54, 1.807) is 51.1 Å². The van der Waals surface area contributed by atoms with Gasteiger partial charge >= 0.3 is 12.1 Å². The third-order valence-corrected chi connectivity index (χ3v) is 5.13. The molecule has 0 aliphatic carbocycles. The van der Waals surface area contributed by atoms with Crippen LogP contribution in [0.4, 0.5) is 9.59 Å². The van der Waals surface area contributed by atoms with Gasteiger partial charge in [0.2, 0.25) is 5.91 Å². The molecule has 2 fully saturated rings. The molecule has 154 valence electrons. The Morgan fingerprint density at radius 1 is 1.00 bits per heavy atom. The van der Waals surface area contributed by atoms with E-state index in [2.05, 4.69) is 16.1 Å². The number of rotatable bonds is 6. The molecule has 0 bridgehead atoms. The van der Waals surface area contributed by atoms with Crippen molar-refractivity contribution in [1.29, 1.82) is 0 Å². The summed E-state index contributed by atoms with van der Waals surface area (Å²) in [6.07, 6.45) is 0.0439. The van der Waals surface area contributed by atoms with E-state index in [0.29, 0.717) is 17.0 Å². The lowest BCUT2D eigenvalue weighted by molar-refractivity contribution is -0.140. The second-order valence-corrected chi connectivity index (χ2v) is 7.49. The van der Waals surface area contributed by atoms with Crippen molar-refractivity contribution in [2.45, 2.75) is 44.7 Å². The van der Waals surface area contributed by atoms with Crippen LogP contribution in [0, 0.1) is 0 Å². The highest BCUT2D eigenvalue weighted by Crippen LogP contribution is 2.31. The van der Waals surface area contributed by atoms with Crippen LogP contribution in [0.3, 0.4) is 0 Å². The Labute approximate surface area is 167 Å². The predicted molar refractivity (Wildman–Crippen MR) is 101 cm³/mol. The molecule has 0 spiro atoms. The number of hydrogen-bond donors (Lipinski definition) is 3. The number of imide groups is 2. The maximum absolute atomic E-state index is 13.0. The van der Waals surface area contributed by atoms with Gasteiger partial charge in [0.05, 0.1) is 0 Å². The van der Waals surface area contributed by atoms with Crippen LogP contribution in [-0.2, 0) is 19.9 Å².